The minimum Gasteiger partial charge on any atom is -0.578 e. The summed E-state index contributed by atoms with van der Waals surface area (Å²) < 4.78 is 10.5. The average Bonchev–Trinajstić information content (AvgIpc) is 2.43. The number of fused-ring (bicyclic) bond motifs is 1. The van der Waals surface area contributed by atoms with E-state index in [0.29, 0.717) is 4.90 Å². The number of hydrogen-bond acceptors (Lipinski definition) is 3. The molecule has 2 rings (SSSR count). The number of carbonyl (C=O) groups is 1. The van der Waals surface area contributed by atoms with Crippen molar-refractivity contribution in [3.05, 3.63) is 47.7 Å². The van der Waals surface area contributed by atoms with E-state index >= 15 is 0 Å². The van der Waals surface area contributed by atoms with Crippen LogP contribution >= 0.6 is 0 Å². The molecule has 1 heterocycles. The van der Waals surface area contributed by atoms with Gasteiger partial charge in [-0.15, -0.1) is 0 Å². The molecule has 5 heteroatoms. The van der Waals surface area contributed by atoms with Gasteiger partial charge >= 0.3 is 5.91 Å². The molecule has 0 radical (unpaired) electrons. The van der Waals surface area contributed by atoms with E-state index in [1.54, 1.807) is 18.2 Å². The first-order valence-electron chi connectivity index (χ1n) is 4.37. The van der Waals surface area contributed by atoms with Gasteiger partial charge in [0.05, 0.1) is 0 Å². The number of amides is 1. The van der Waals surface area contributed by atoms with E-state index in [9.17, 15) is 14.6 Å². The van der Waals surface area contributed by atoms with Crippen LogP contribution in [0, 0.1) is 5.21 Å². The number of benzene rings is 1. The molecule has 2 atom stereocenters. The first-order chi connectivity index (χ1) is 7.11. The predicted octanol–water partition coefficient (Wildman–Crippen LogP) is 1.36. The zero-order valence-corrected chi connectivity index (χ0v) is 8.70. The monoisotopic (exact) mass is 223 g/mol. The minimum atomic E-state index is -1.87. The number of hydroxylamine groups is 2. The lowest BCUT2D eigenvalue weighted by Gasteiger charge is -2.30. The molecule has 4 nitrogen and oxygen atoms in total. The van der Waals surface area contributed by atoms with Crippen molar-refractivity contribution in [1.29, 1.82) is 0 Å². The van der Waals surface area contributed by atoms with E-state index in [0.717, 1.165) is 0 Å². The maximum atomic E-state index is 12.0. The van der Waals surface area contributed by atoms with E-state index in [1.165, 1.54) is 12.1 Å². The van der Waals surface area contributed by atoms with E-state index in [2.05, 4.69) is 6.58 Å². The fourth-order valence-electron chi connectivity index (χ4n) is 1.53. The highest BCUT2D eigenvalue weighted by Gasteiger charge is 2.52. The highest BCUT2D eigenvalue weighted by molar-refractivity contribution is 7.86. The van der Waals surface area contributed by atoms with Gasteiger partial charge in [0.1, 0.15) is 12.1 Å². The second-order valence-corrected chi connectivity index (χ2v) is 4.72. The summed E-state index contributed by atoms with van der Waals surface area (Å²) in [7, 11) is 0. The molecule has 15 heavy (non-hydrogen) atoms. The third-order valence-electron chi connectivity index (χ3n) is 2.25. The Morgan fingerprint density at radius 2 is 2.13 bits per heavy atom. The van der Waals surface area contributed by atoms with Gasteiger partial charge in [-0.1, -0.05) is 22.8 Å². The molecule has 0 saturated carbocycles. The zero-order chi connectivity index (χ0) is 11.1. The molecule has 78 valence electrons. The molecule has 0 spiro atoms. The van der Waals surface area contributed by atoms with Gasteiger partial charge < -0.3 is 9.76 Å². The molecule has 2 unspecified atom stereocenters. The van der Waals surface area contributed by atoms with Gasteiger partial charge in [-0.05, 0) is 12.1 Å². The Kier molecular flexibility index (Phi) is 2.40. The Bertz CT molecular complexity index is 434. The van der Waals surface area contributed by atoms with Crippen LogP contribution in [0.5, 0.6) is 0 Å². The number of hydrogen-bond donors (Lipinski definition) is 0. The van der Waals surface area contributed by atoms with Crippen molar-refractivity contribution < 1.29 is 13.4 Å². The minimum absolute atomic E-state index is 0.167. The maximum absolute atomic E-state index is 12.0. The van der Waals surface area contributed by atoms with Crippen molar-refractivity contribution in [3.63, 3.8) is 0 Å². The Balaban J connectivity index is 2.53. The van der Waals surface area contributed by atoms with Crippen molar-refractivity contribution in [2.45, 2.75) is 4.90 Å². The summed E-state index contributed by atoms with van der Waals surface area (Å²) in [5, 5.41) is 12.0. The summed E-state index contributed by atoms with van der Waals surface area (Å²) in [6.07, 6.45) is 1.31. The molecule has 0 aliphatic carbocycles. The largest absolute Gasteiger partial charge is 0.578 e. The van der Waals surface area contributed by atoms with E-state index < -0.39 is 21.3 Å². The average molecular weight is 223 g/mol. The Labute approximate surface area is 90.3 Å². The predicted molar refractivity (Wildman–Crippen MR) is 55.9 cm³/mol. The Morgan fingerprint density at radius 1 is 1.47 bits per heavy atom. The second-order valence-electron chi connectivity index (χ2n) is 3.20. The van der Waals surface area contributed by atoms with Crippen molar-refractivity contribution >= 4 is 17.3 Å². The molecule has 1 aliphatic heterocycles. The number of rotatable bonds is 2. The topological polar surface area (TPSA) is 63.2 Å². The number of nitrogens with zero attached hydrogens (tertiary/aromatic N) is 1. The van der Waals surface area contributed by atoms with Crippen LogP contribution in [0.3, 0.4) is 0 Å². The molecule has 1 aliphatic rings. The molecule has 0 bridgehead atoms. The van der Waals surface area contributed by atoms with Gasteiger partial charge in [0.15, 0.2) is 11.4 Å². The number of carbonyl (C=O) groups excluding carboxylic acids is 1. The normalized spacial score (nSPS) is 28.9. The van der Waals surface area contributed by atoms with E-state index in [4.69, 9.17) is 0 Å². The standard InChI is InChI=1S/C10H9NO3S/c1-2-7-11(13)10(12)8-5-3-4-6-9(8)15(11)14/h2-6H,1,7H2. The molecule has 1 amide bonds. The van der Waals surface area contributed by atoms with Crippen molar-refractivity contribution in [2.24, 2.45) is 0 Å². The summed E-state index contributed by atoms with van der Waals surface area (Å²) in [6, 6.07) is 6.38. The maximum Gasteiger partial charge on any atom is 0.395 e. The van der Waals surface area contributed by atoms with E-state index in [-0.39, 0.29) is 12.1 Å². The molecular weight excluding hydrogens is 214 g/mol. The lowest BCUT2D eigenvalue weighted by molar-refractivity contribution is -0.651. The Morgan fingerprint density at radius 3 is 2.73 bits per heavy atom. The van der Waals surface area contributed by atoms with Gasteiger partial charge in [-0.3, -0.25) is 0 Å². The van der Waals surface area contributed by atoms with Crippen LogP contribution in [0.15, 0.2) is 41.8 Å². The van der Waals surface area contributed by atoms with Gasteiger partial charge in [-0.25, -0.2) is 4.79 Å². The lowest BCUT2D eigenvalue weighted by atomic mass is 10.2. The van der Waals surface area contributed by atoms with Crippen LogP contribution in [0.1, 0.15) is 10.4 Å². The van der Waals surface area contributed by atoms with Crippen LogP contribution in [0.4, 0.5) is 0 Å². The van der Waals surface area contributed by atoms with Crippen molar-refractivity contribution in [1.82, 2.24) is 0 Å². The van der Waals surface area contributed by atoms with Crippen LogP contribution < -0.4 is 0 Å². The lowest BCUT2D eigenvalue weighted by Crippen LogP contribution is -2.47. The van der Waals surface area contributed by atoms with Crippen molar-refractivity contribution in [3.8, 4) is 0 Å². The second kappa shape index (κ2) is 3.46. The fourth-order valence-corrected chi connectivity index (χ4v) is 2.88. The first-order valence-corrected chi connectivity index (χ1v) is 5.48. The highest BCUT2D eigenvalue weighted by atomic mass is 32.2. The van der Waals surface area contributed by atoms with Crippen LogP contribution in [0.2, 0.25) is 0 Å². The fraction of sp³-hybridized carbons (Fsp3) is 0.100. The molecule has 0 saturated heterocycles. The molecule has 0 fully saturated rings. The molecule has 1 aromatic rings. The van der Waals surface area contributed by atoms with Gasteiger partial charge in [0, 0.05) is 6.07 Å². The summed E-state index contributed by atoms with van der Waals surface area (Å²) in [5.41, 5.74) is 0.257. The molecule has 0 N–H and O–H groups in total. The van der Waals surface area contributed by atoms with Gasteiger partial charge in [0.25, 0.3) is 0 Å². The summed E-state index contributed by atoms with van der Waals surface area (Å²) >= 11 is -1.87. The summed E-state index contributed by atoms with van der Waals surface area (Å²) in [4.78, 5) is 12.1. The van der Waals surface area contributed by atoms with Gasteiger partial charge in [-0.2, -0.15) is 0 Å². The third kappa shape index (κ3) is 1.32. The molecule has 1 aromatic carbocycles. The molecule has 0 aromatic heterocycles. The summed E-state index contributed by atoms with van der Waals surface area (Å²) in [5.74, 6) is -0.649. The zero-order valence-electron chi connectivity index (χ0n) is 7.88. The smallest absolute Gasteiger partial charge is 0.395 e. The molecular formula is C10H9NO3S. The SMILES string of the molecule is C=CC[N+]1([O-])C(=O)c2ccccc2[S+]1[O-]. The quantitative estimate of drug-likeness (QED) is 0.329. The van der Waals surface area contributed by atoms with Crippen molar-refractivity contribution in [2.75, 3.05) is 6.54 Å². The Hall–Kier alpha value is -1.14. The summed E-state index contributed by atoms with van der Waals surface area (Å²) in [6.45, 7) is 3.23. The van der Waals surface area contributed by atoms with Crippen LogP contribution in [-0.2, 0) is 11.4 Å². The first kappa shape index (κ1) is 10.4. The van der Waals surface area contributed by atoms with E-state index in [1.807, 2.05) is 0 Å². The number of quaternary nitrogens is 1. The van der Waals surface area contributed by atoms with Crippen LogP contribution in [0.25, 0.3) is 0 Å². The highest BCUT2D eigenvalue weighted by Crippen LogP contribution is 2.35. The van der Waals surface area contributed by atoms with Gasteiger partial charge in [0.2, 0.25) is 4.90 Å². The van der Waals surface area contributed by atoms with Crippen LogP contribution in [-0.4, -0.2) is 21.1 Å². The third-order valence-corrected chi connectivity index (χ3v) is 3.84.